The van der Waals surface area contributed by atoms with E-state index in [-0.39, 0.29) is 5.46 Å². The third-order valence-corrected chi connectivity index (χ3v) is 1.39. The van der Waals surface area contributed by atoms with Gasteiger partial charge in [-0.15, -0.1) is 0 Å². The van der Waals surface area contributed by atoms with E-state index in [1.54, 1.807) is 0 Å². The van der Waals surface area contributed by atoms with E-state index in [1.165, 1.54) is 18.2 Å². The molecule has 0 amide bonds. The smallest absolute Gasteiger partial charge is 0.423 e. The second kappa shape index (κ2) is 3.26. The number of nitrogens with two attached hydrogens (primary N) is 1. The highest BCUT2D eigenvalue weighted by Crippen LogP contribution is 2.13. The Morgan fingerprint density at radius 1 is 1.33 bits per heavy atom. The molecular weight excluding hydrogens is 155 g/mol. The molecular formula is C7H7BN2O2. The van der Waals surface area contributed by atoms with Gasteiger partial charge in [0.15, 0.2) is 5.69 Å². The summed E-state index contributed by atoms with van der Waals surface area (Å²) in [5, 5.41) is 17.5. The normalized spacial score (nSPS) is 9.08. The van der Waals surface area contributed by atoms with Gasteiger partial charge in [-0.1, -0.05) is 6.07 Å². The zero-order chi connectivity index (χ0) is 9.14. The van der Waals surface area contributed by atoms with Gasteiger partial charge in [-0.2, -0.15) is 0 Å². The zero-order valence-corrected chi connectivity index (χ0v) is 6.23. The molecule has 0 spiro atoms. The van der Waals surface area contributed by atoms with E-state index in [1.807, 2.05) is 0 Å². The Kier molecular flexibility index (Phi) is 2.33. The summed E-state index contributed by atoms with van der Waals surface area (Å²) < 4.78 is 0. The van der Waals surface area contributed by atoms with Gasteiger partial charge in [0.1, 0.15) is 0 Å². The Bertz CT molecular complexity index is 333. The fourth-order valence-electron chi connectivity index (χ4n) is 0.873. The number of hydrogen-bond acceptors (Lipinski definition) is 3. The van der Waals surface area contributed by atoms with Crippen LogP contribution < -0.4 is 11.2 Å². The van der Waals surface area contributed by atoms with Crippen LogP contribution in [-0.4, -0.2) is 17.2 Å². The van der Waals surface area contributed by atoms with Gasteiger partial charge in [-0.05, 0) is 17.6 Å². The Morgan fingerprint density at radius 3 is 2.50 bits per heavy atom. The van der Waals surface area contributed by atoms with Crippen LogP contribution in [0.15, 0.2) is 18.2 Å². The van der Waals surface area contributed by atoms with Crippen LogP contribution in [0.3, 0.4) is 0 Å². The molecule has 0 aliphatic rings. The molecule has 0 unspecified atom stereocenters. The summed E-state index contributed by atoms with van der Waals surface area (Å²) in [6, 6.07) is 4.27. The van der Waals surface area contributed by atoms with Crippen molar-refractivity contribution in [3.05, 3.63) is 29.6 Å². The van der Waals surface area contributed by atoms with Crippen molar-refractivity contribution in [3.63, 3.8) is 0 Å². The highest BCUT2D eigenvalue weighted by molar-refractivity contribution is 6.58. The standard InChI is InChI=1S/C7H7BN2O2/c1-10-7-3-5(8(11)12)2-6(9)4-7/h2-4,11-12H,9H2. The maximum Gasteiger partial charge on any atom is 0.487 e. The first-order valence-corrected chi connectivity index (χ1v) is 3.27. The molecule has 12 heavy (non-hydrogen) atoms. The third kappa shape index (κ3) is 1.75. The topological polar surface area (TPSA) is 70.8 Å². The van der Waals surface area contributed by atoms with Gasteiger partial charge < -0.3 is 15.8 Å². The Labute approximate surface area is 70.2 Å². The summed E-state index contributed by atoms with van der Waals surface area (Å²) in [6.07, 6.45) is 0. The van der Waals surface area contributed by atoms with Crippen molar-refractivity contribution in [3.8, 4) is 0 Å². The molecule has 1 aromatic carbocycles. The molecule has 60 valence electrons. The molecule has 1 rings (SSSR count). The molecule has 4 N–H and O–H groups in total. The average molecular weight is 162 g/mol. The number of benzene rings is 1. The van der Waals surface area contributed by atoms with Crippen LogP contribution in [0.2, 0.25) is 0 Å². The maximum atomic E-state index is 8.77. The number of rotatable bonds is 1. The van der Waals surface area contributed by atoms with Crippen LogP contribution in [0.25, 0.3) is 4.85 Å². The van der Waals surface area contributed by atoms with Gasteiger partial charge in [-0.3, -0.25) is 0 Å². The van der Waals surface area contributed by atoms with Crippen molar-refractivity contribution in [1.29, 1.82) is 0 Å². The van der Waals surface area contributed by atoms with Crippen LogP contribution in [0, 0.1) is 6.57 Å². The third-order valence-electron chi connectivity index (χ3n) is 1.39. The number of anilines is 1. The van der Waals surface area contributed by atoms with E-state index in [2.05, 4.69) is 4.85 Å². The number of nitrogens with zero attached hydrogens (tertiary/aromatic N) is 1. The van der Waals surface area contributed by atoms with Gasteiger partial charge in [0.2, 0.25) is 0 Å². The van der Waals surface area contributed by atoms with Crippen molar-refractivity contribution in [1.82, 2.24) is 0 Å². The Balaban J connectivity index is 3.17. The summed E-state index contributed by atoms with van der Waals surface area (Å²) in [5.74, 6) is 0. The van der Waals surface area contributed by atoms with E-state index in [0.717, 1.165) is 0 Å². The van der Waals surface area contributed by atoms with E-state index in [0.29, 0.717) is 11.4 Å². The molecule has 0 radical (unpaired) electrons. The van der Waals surface area contributed by atoms with Crippen LogP contribution in [0.1, 0.15) is 0 Å². The minimum atomic E-state index is -1.58. The van der Waals surface area contributed by atoms with Crippen LogP contribution >= 0.6 is 0 Å². The lowest BCUT2D eigenvalue weighted by Crippen LogP contribution is -2.29. The largest absolute Gasteiger partial charge is 0.487 e. The zero-order valence-electron chi connectivity index (χ0n) is 6.23. The van der Waals surface area contributed by atoms with Crippen molar-refractivity contribution < 1.29 is 10.0 Å². The summed E-state index contributed by atoms with van der Waals surface area (Å²) in [5.41, 5.74) is 6.30. The first-order chi connectivity index (χ1) is 5.63. The van der Waals surface area contributed by atoms with Crippen molar-refractivity contribution >= 4 is 24.0 Å². The minimum absolute atomic E-state index is 0.237. The lowest BCUT2D eigenvalue weighted by atomic mass is 9.80. The van der Waals surface area contributed by atoms with E-state index >= 15 is 0 Å². The molecule has 5 heteroatoms. The van der Waals surface area contributed by atoms with E-state index < -0.39 is 7.12 Å². The van der Waals surface area contributed by atoms with Crippen molar-refractivity contribution in [2.24, 2.45) is 0 Å². The van der Waals surface area contributed by atoms with Gasteiger partial charge in [0.05, 0.1) is 6.57 Å². The van der Waals surface area contributed by atoms with Gasteiger partial charge in [0.25, 0.3) is 0 Å². The van der Waals surface area contributed by atoms with E-state index in [4.69, 9.17) is 22.4 Å². The second-order valence-electron chi connectivity index (χ2n) is 2.34. The van der Waals surface area contributed by atoms with Gasteiger partial charge >= 0.3 is 7.12 Å². The van der Waals surface area contributed by atoms with E-state index in [9.17, 15) is 0 Å². The summed E-state index contributed by atoms with van der Waals surface area (Å²) >= 11 is 0. The molecule has 0 bridgehead atoms. The summed E-state index contributed by atoms with van der Waals surface area (Å²) in [6.45, 7) is 6.68. The molecule has 0 aromatic heterocycles. The lowest BCUT2D eigenvalue weighted by molar-refractivity contribution is 0.426. The average Bonchev–Trinajstić information content (AvgIpc) is 2.03. The van der Waals surface area contributed by atoms with Crippen LogP contribution in [0.5, 0.6) is 0 Å². The first kappa shape index (κ1) is 8.59. The Hall–Kier alpha value is -1.51. The molecule has 4 nitrogen and oxygen atoms in total. The Morgan fingerprint density at radius 2 is 2.00 bits per heavy atom. The summed E-state index contributed by atoms with van der Waals surface area (Å²) in [4.78, 5) is 3.12. The van der Waals surface area contributed by atoms with Crippen molar-refractivity contribution in [2.45, 2.75) is 0 Å². The molecule has 0 fully saturated rings. The molecule has 0 saturated heterocycles. The van der Waals surface area contributed by atoms with Gasteiger partial charge in [-0.25, -0.2) is 4.85 Å². The molecule has 0 aliphatic heterocycles. The highest BCUT2D eigenvalue weighted by Gasteiger charge is 2.11. The quantitative estimate of drug-likeness (QED) is 0.296. The number of nitrogen functional groups attached to an aromatic ring is 1. The van der Waals surface area contributed by atoms with Crippen LogP contribution in [0.4, 0.5) is 11.4 Å². The molecule has 1 aromatic rings. The van der Waals surface area contributed by atoms with Crippen molar-refractivity contribution in [2.75, 3.05) is 5.73 Å². The second-order valence-corrected chi connectivity index (χ2v) is 2.34. The fourth-order valence-corrected chi connectivity index (χ4v) is 0.873. The van der Waals surface area contributed by atoms with Crippen LogP contribution in [-0.2, 0) is 0 Å². The SMILES string of the molecule is [C-]#[N+]c1cc(N)cc(B(O)O)c1. The molecule has 0 atom stereocenters. The lowest BCUT2D eigenvalue weighted by Gasteiger charge is -2.01. The predicted octanol–water partition coefficient (Wildman–Crippen LogP) is -0.501. The fraction of sp³-hybridized carbons (Fsp3) is 0. The molecule has 0 saturated carbocycles. The van der Waals surface area contributed by atoms with Gasteiger partial charge in [0, 0.05) is 5.69 Å². The number of hydrogen-bond donors (Lipinski definition) is 3. The monoisotopic (exact) mass is 162 g/mol. The maximum absolute atomic E-state index is 8.77. The molecule has 0 heterocycles. The molecule has 0 aliphatic carbocycles. The first-order valence-electron chi connectivity index (χ1n) is 3.27. The minimum Gasteiger partial charge on any atom is -0.423 e. The summed E-state index contributed by atoms with van der Waals surface area (Å²) in [7, 11) is -1.58. The highest BCUT2D eigenvalue weighted by atomic mass is 16.4. The predicted molar refractivity (Wildman–Crippen MR) is 46.9 cm³/mol.